The first kappa shape index (κ1) is 9.19. The fourth-order valence-corrected chi connectivity index (χ4v) is 3.07. The van der Waals surface area contributed by atoms with Gasteiger partial charge in [-0.1, -0.05) is 0 Å². The molecule has 2 atom stereocenters. The van der Waals surface area contributed by atoms with E-state index in [-0.39, 0.29) is 0 Å². The van der Waals surface area contributed by atoms with Crippen LogP contribution >= 0.6 is 0 Å². The second-order valence-electron chi connectivity index (χ2n) is 3.78. The minimum atomic E-state index is -0.669. The molecule has 74 valence electrons. The van der Waals surface area contributed by atoms with Crippen molar-refractivity contribution in [1.82, 2.24) is 4.90 Å². The molecule has 0 aromatic carbocycles. The SMILES string of the molecule is CS(=O)CC1CCN=C2CCCN21. The van der Waals surface area contributed by atoms with Gasteiger partial charge in [-0.2, -0.15) is 0 Å². The maximum absolute atomic E-state index is 11.1. The third-order valence-corrected chi connectivity index (χ3v) is 3.61. The van der Waals surface area contributed by atoms with Crippen molar-refractivity contribution in [3.8, 4) is 0 Å². The lowest BCUT2D eigenvalue weighted by molar-refractivity contribution is 0.328. The van der Waals surface area contributed by atoms with Crippen LogP contribution < -0.4 is 0 Å². The molecule has 2 aliphatic heterocycles. The summed E-state index contributed by atoms with van der Waals surface area (Å²) in [4.78, 5) is 6.86. The fourth-order valence-electron chi connectivity index (χ4n) is 2.19. The third-order valence-electron chi connectivity index (χ3n) is 2.76. The molecule has 2 unspecified atom stereocenters. The quantitative estimate of drug-likeness (QED) is 0.655. The van der Waals surface area contributed by atoms with Gasteiger partial charge in [0.2, 0.25) is 0 Å². The summed E-state index contributed by atoms with van der Waals surface area (Å²) >= 11 is 0. The Morgan fingerprint density at radius 1 is 1.69 bits per heavy atom. The molecule has 2 aliphatic rings. The van der Waals surface area contributed by atoms with Gasteiger partial charge in [-0.05, 0) is 12.8 Å². The van der Waals surface area contributed by atoms with Crippen molar-refractivity contribution in [2.75, 3.05) is 25.1 Å². The molecule has 2 rings (SSSR count). The number of nitrogens with zero attached hydrogens (tertiary/aromatic N) is 2. The van der Waals surface area contributed by atoms with Crippen LogP contribution in [0.2, 0.25) is 0 Å². The van der Waals surface area contributed by atoms with Crippen LogP contribution in [0.3, 0.4) is 0 Å². The molecule has 0 N–H and O–H groups in total. The highest BCUT2D eigenvalue weighted by Crippen LogP contribution is 2.21. The lowest BCUT2D eigenvalue weighted by Gasteiger charge is -2.32. The summed E-state index contributed by atoms with van der Waals surface area (Å²) in [5, 5.41) is 0. The molecule has 0 saturated carbocycles. The van der Waals surface area contributed by atoms with E-state index in [1.165, 1.54) is 12.3 Å². The molecule has 3 nitrogen and oxygen atoms in total. The van der Waals surface area contributed by atoms with Crippen molar-refractivity contribution in [3.05, 3.63) is 0 Å². The third kappa shape index (κ3) is 1.93. The van der Waals surface area contributed by atoms with E-state index in [4.69, 9.17) is 0 Å². The molecule has 2 heterocycles. The van der Waals surface area contributed by atoms with Gasteiger partial charge < -0.3 is 4.90 Å². The molecule has 0 radical (unpaired) electrons. The summed E-state index contributed by atoms with van der Waals surface area (Å²) in [6, 6.07) is 0.501. The van der Waals surface area contributed by atoms with E-state index in [0.29, 0.717) is 6.04 Å². The molecule has 0 aromatic rings. The van der Waals surface area contributed by atoms with Crippen LogP contribution in [0.25, 0.3) is 0 Å². The van der Waals surface area contributed by atoms with Gasteiger partial charge in [0.05, 0.1) is 5.84 Å². The summed E-state index contributed by atoms with van der Waals surface area (Å²) in [6.45, 7) is 2.06. The summed E-state index contributed by atoms with van der Waals surface area (Å²) in [7, 11) is -0.669. The second kappa shape index (κ2) is 3.78. The minimum Gasteiger partial charge on any atom is -0.356 e. The molecule has 0 bridgehead atoms. The predicted octanol–water partition coefficient (Wildman–Crippen LogP) is 0.632. The van der Waals surface area contributed by atoms with Crippen molar-refractivity contribution in [3.63, 3.8) is 0 Å². The molecule has 0 amide bonds. The summed E-state index contributed by atoms with van der Waals surface area (Å²) < 4.78 is 11.1. The van der Waals surface area contributed by atoms with Crippen molar-refractivity contribution < 1.29 is 4.21 Å². The number of hydrogen-bond acceptors (Lipinski definition) is 3. The fraction of sp³-hybridized carbons (Fsp3) is 0.889. The first-order chi connectivity index (χ1) is 6.27. The number of amidine groups is 1. The van der Waals surface area contributed by atoms with E-state index in [1.807, 2.05) is 0 Å². The highest BCUT2D eigenvalue weighted by Gasteiger charge is 2.29. The van der Waals surface area contributed by atoms with E-state index in [9.17, 15) is 4.21 Å². The molecule has 0 spiro atoms. The lowest BCUT2D eigenvalue weighted by atomic mass is 10.2. The molecule has 0 aliphatic carbocycles. The number of aliphatic imine (C=N–C) groups is 1. The van der Waals surface area contributed by atoms with Gasteiger partial charge in [0.1, 0.15) is 0 Å². The van der Waals surface area contributed by atoms with E-state index in [2.05, 4.69) is 9.89 Å². The molecule has 0 aromatic heterocycles. The predicted molar refractivity (Wildman–Crippen MR) is 55.6 cm³/mol. The molecule has 4 heteroatoms. The normalized spacial score (nSPS) is 29.8. The summed E-state index contributed by atoms with van der Waals surface area (Å²) in [5.74, 6) is 2.08. The largest absolute Gasteiger partial charge is 0.356 e. The molecular formula is C9H16N2OS. The Kier molecular flexibility index (Phi) is 2.67. The first-order valence-corrected chi connectivity index (χ1v) is 6.60. The summed E-state index contributed by atoms with van der Waals surface area (Å²) in [6.07, 6.45) is 5.24. The Bertz CT molecular complexity index is 252. The van der Waals surface area contributed by atoms with E-state index in [1.54, 1.807) is 6.26 Å². The van der Waals surface area contributed by atoms with Crippen LogP contribution in [0, 0.1) is 0 Å². The zero-order chi connectivity index (χ0) is 9.26. The molecule has 1 fully saturated rings. The molecule has 13 heavy (non-hydrogen) atoms. The minimum absolute atomic E-state index is 0.501. The van der Waals surface area contributed by atoms with Crippen LogP contribution in [0.1, 0.15) is 19.3 Å². The van der Waals surface area contributed by atoms with Crippen LogP contribution in [0.5, 0.6) is 0 Å². The Labute approximate surface area is 81.7 Å². The van der Waals surface area contributed by atoms with Crippen LogP contribution in [-0.4, -0.2) is 46.1 Å². The zero-order valence-corrected chi connectivity index (χ0v) is 8.85. The monoisotopic (exact) mass is 200 g/mol. The van der Waals surface area contributed by atoms with E-state index >= 15 is 0 Å². The van der Waals surface area contributed by atoms with Gasteiger partial charge in [0.15, 0.2) is 0 Å². The van der Waals surface area contributed by atoms with Crippen molar-refractivity contribution in [2.24, 2.45) is 4.99 Å². The second-order valence-corrected chi connectivity index (χ2v) is 5.26. The van der Waals surface area contributed by atoms with Crippen molar-refractivity contribution in [2.45, 2.75) is 25.3 Å². The Morgan fingerprint density at radius 3 is 3.31 bits per heavy atom. The van der Waals surface area contributed by atoms with Crippen LogP contribution in [-0.2, 0) is 10.8 Å². The van der Waals surface area contributed by atoms with Gasteiger partial charge in [0.25, 0.3) is 0 Å². The average Bonchev–Trinajstić information content (AvgIpc) is 2.51. The number of fused-ring (bicyclic) bond motifs is 1. The highest BCUT2D eigenvalue weighted by atomic mass is 32.2. The molecule has 1 saturated heterocycles. The van der Waals surface area contributed by atoms with Crippen LogP contribution in [0.15, 0.2) is 4.99 Å². The molecular weight excluding hydrogens is 184 g/mol. The van der Waals surface area contributed by atoms with Gasteiger partial charge >= 0.3 is 0 Å². The van der Waals surface area contributed by atoms with E-state index < -0.39 is 10.8 Å². The Hall–Kier alpha value is -0.380. The Balaban J connectivity index is 2.05. The van der Waals surface area contributed by atoms with Crippen molar-refractivity contribution >= 4 is 16.6 Å². The average molecular weight is 200 g/mol. The van der Waals surface area contributed by atoms with Crippen LogP contribution in [0.4, 0.5) is 0 Å². The van der Waals surface area contributed by atoms with Crippen molar-refractivity contribution in [1.29, 1.82) is 0 Å². The lowest BCUT2D eigenvalue weighted by Crippen LogP contribution is -2.43. The van der Waals surface area contributed by atoms with Gasteiger partial charge in [-0.3, -0.25) is 9.20 Å². The van der Waals surface area contributed by atoms with Gasteiger partial charge in [-0.25, -0.2) is 0 Å². The maximum Gasteiger partial charge on any atom is 0.0992 e. The standard InChI is InChI=1S/C9H16N2OS/c1-13(12)7-8-4-5-10-9-3-2-6-11(8)9/h8H,2-7H2,1H3. The number of hydrogen-bond donors (Lipinski definition) is 0. The first-order valence-electron chi connectivity index (χ1n) is 4.87. The van der Waals surface area contributed by atoms with Gasteiger partial charge in [-0.15, -0.1) is 0 Å². The highest BCUT2D eigenvalue weighted by molar-refractivity contribution is 7.84. The zero-order valence-electron chi connectivity index (χ0n) is 8.03. The Morgan fingerprint density at radius 2 is 2.54 bits per heavy atom. The smallest absolute Gasteiger partial charge is 0.0992 e. The van der Waals surface area contributed by atoms with E-state index in [0.717, 1.165) is 31.7 Å². The topological polar surface area (TPSA) is 32.7 Å². The summed E-state index contributed by atoms with van der Waals surface area (Å²) in [5.41, 5.74) is 0. The number of rotatable bonds is 2. The van der Waals surface area contributed by atoms with Gasteiger partial charge in [0, 0.05) is 48.4 Å². The maximum atomic E-state index is 11.1.